The molecule has 0 radical (unpaired) electrons. The Bertz CT molecular complexity index is 620. The number of nitrogens with zero attached hydrogens (tertiary/aromatic N) is 3. The Hall–Kier alpha value is -1.37. The van der Waals surface area contributed by atoms with E-state index >= 15 is 0 Å². The number of H-pyrrole nitrogens is 1. The van der Waals surface area contributed by atoms with Crippen LogP contribution in [0.1, 0.15) is 4.88 Å². The molecule has 0 aromatic carbocycles. The van der Waals surface area contributed by atoms with Gasteiger partial charge in [-0.2, -0.15) is 0 Å². The number of nitrogens with one attached hydrogen (secondary N) is 1. The summed E-state index contributed by atoms with van der Waals surface area (Å²) in [4.78, 5) is 24.3. The molecule has 5 nitrogen and oxygen atoms in total. The minimum atomic E-state index is -0.180. The van der Waals surface area contributed by atoms with Gasteiger partial charge in [0.05, 0.1) is 0 Å². The second kappa shape index (κ2) is 5.95. The molecule has 0 bridgehead atoms. The molecular weight excluding hydrogens is 296 g/mol. The Kier molecular flexibility index (Phi) is 4.05. The zero-order chi connectivity index (χ0) is 13.9. The van der Waals surface area contributed by atoms with Gasteiger partial charge < -0.3 is 9.88 Å². The summed E-state index contributed by atoms with van der Waals surface area (Å²) in [6.07, 6.45) is 1.42. The van der Waals surface area contributed by atoms with E-state index < -0.39 is 0 Å². The first kappa shape index (κ1) is 13.6. The van der Waals surface area contributed by atoms with E-state index in [1.807, 2.05) is 4.90 Å². The molecule has 0 atom stereocenters. The van der Waals surface area contributed by atoms with Gasteiger partial charge in [-0.25, -0.2) is 4.98 Å². The number of hydrogen-bond acceptors (Lipinski definition) is 5. The molecule has 20 heavy (non-hydrogen) atoms. The molecule has 3 heterocycles. The molecular formula is C13H15ClN4OS. The van der Waals surface area contributed by atoms with Crippen molar-refractivity contribution < 1.29 is 0 Å². The van der Waals surface area contributed by atoms with Gasteiger partial charge in [0.15, 0.2) is 5.82 Å². The molecule has 0 saturated carbocycles. The van der Waals surface area contributed by atoms with Gasteiger partial charge in [0.25, 0.3) is 5.56 Å². The van der Waals surface area contributed by atoms with E-state index in [1.165, 1.54) is 11.1 Å². The largest absolute Gasteiger partial charge is 0.349 e. The second-order valence-electron chi connectivity index (χ2n) is 4.72. The van der Waals surface area contributed by atoms with Crippen LogP contribution in [0, 0.1) is 0 Å². The van der Waals surface area contributed by atoms with Crippen LogP contribution in [0.2, 0.25) is 5.15 Å². The van der Waals surface area contributed by atoms with Crippen molar-refractivity contribution in [1.82, 2.24) is 14.9 Å². The fourth-order valence-electron chi connectivity index (χ4n) is 2.33. The van der Waals surface area contributed by atoms with Crippen LogP contribution in [0.4, 0.5) is 5.82 Å². The van der Waals surface area contributed by atoms with Crippen LogP contribution in [-0.4, -0.2) is 41.0 Å². The Balaban J connectivity index is 1.63. The first-order valence-electron chi connectivity index (χ1n) is 6.47. The number of thiophene rings is 1. The third-order valence-corrected chi connectivity index (χ3v) is 4.42. The summed E-state index contributed by atoms with van der Waals surface area (Å²) in [6, 6.07) is 4.23. The topological polar surface area (TPSA) is 52.2 Å². The maximum absolute atomic E-state index is 11.8. The molecule has 1 N–H and O–H groups in total. The van der Waals surface area contributed by atoms with Gasteiger partial charge in [0, 0.05) is 43.8 Å². The normalized spacial score (nSPS) is 16.6. The lowest BCUT2D eigenvalue weighted by molar-refractivity contribution is 0.251. The van der Waals surface area contributed by atoms with Crippen LogP contribution in [0.5, 0.6) is 0 Å². The number of piperazine rings is 1. The number of anilines is 1. The van der Waals surface area contributed by atoms with Crippen molar-refractivity contribution in [1.29, 1.82) is 0 Å². The summed E-state index contributed by atoms with van der Waals surface area (Å²) >= 11 is 7.62. The highest BCUT2D eigenvalue weighted by Gasteiger charge is 2.20. The summed E-state index contributed by atoms with van der Waals surface area (Å²) in [6.45, 7) is 4.41. The maximum atomic E-state index is 11.8. The van der Waals surface area contributed by atoms with Gasteiger partial charge in [-0.05, 0) is 11.4 Å². The molecule has 2 aromatic rings. The molecule has 7 heteroatoms. The van der Waals surface area contributed by atoms with Crippen molar-refractivity contribution in [3.05, 3.63) is 44.1 Å². The summed E-state index contributed by atoms with van der Waals surface area (Å²) in [5.41, 5.74) is -0.180. The smallest absolute Gasteiger partial charge is 0.291 e. The van der Waals surface area contributed by atoms with Crippen molar-refractivity contribution in [3.8, 4) is 0 Å². The predicted octanol–water partition coefficient (Wildman–Crippen LogP) is 1.81. The van der Waals surface area contributed by atoms with E-state index in [9.17, 15) is 4.79 Å². The van der Waals surface area contributed by atoms with Crippen molar-refractivity contribution >= 4 is 28.8 Å². The van der Waals surface area contributed by atoms with Crippen molar-refractivity contribution in [2.75, 3.05) is 31.1 Å². The summed E-state index contributed by atoms with van der Waals surface area (Å²) in [7, 11) is 0. The van der Waals surface area contributed by atoms with Crippen molar-refractivity contribution in [3.63, 3.8) is 0 Å². The second-order valence-corrected chi connectivity index (χ2v) is 6.14. The van der Waals surface area contributed by atoms with E-state index in [0.29, 0.717) is 11.0 Å². The van der Waals surface area contributed by atoms with Crippen LogP contribution in [0.3, 0.4) is 0 Å². The molecule has 1 aliphatic rings. The number of halogens is 1. The maximum Gasteiger partial charge on any atom is 0.291 e. The van der Waals surface area contributed by atoms with Gasteiger partial charge in [-0.15, -0.1) is 11.3 Å². The molecule has 0 amide bonds. The van der Waals surface area contributed by atoms with Gasteiger partial charge in [-0.1, -0.05) is 17.7 Å². The Morgan fingerprint density at radius 1 is 1.35 bits per heavy atom. The molecule has 0 unspecified atom stereocenters. The van der Waals surface area contributed by atoms with Crippen LogP contribution >= 0.6 is 22.9 Å². The van der Waals surface area contributed by atoms with E-state index in [-0.39, 0.29) is 5.56 Å². The molecule has 1 aliphatic heterocycles. The minimum Gasteiger partial charge on any atom is -0.349 e. The number of rotatable bonds is 3. The molecule has 106 valence electrons. The minimum absolute atomic E-state index is 0.180. The highest BCUT2D eigenvalue weighted by molar-refractivity contribution is 7.09. The first-order valence-corrected chi connectivity index (χ1v) is 7.73. The Morgan fingerprint density at radius 3 is 2.85 bits per heavy atom. The monoisotopic (exact) mass is 310 g/mol. The number of aromatic amines is 1. The predicted molar refractivity (Wildman–Crippen MR) is 81.7 cm³/mol. The SMILES string of the molecule is O=c1[nH]cc(Cl)nc1N1CCN(Cc2cccs2)CC1. The fraction of sp³-hybridized carbons (Fsp3) is 0.385. The van der Waals surface area contributed by atoms with Crippen molar-refractivity contribution in [2.45, 2.75) is 6.54 Å². The summed E-state index contributed by atoms with van der Waals surface area (Å²) < 4.78 is 0. The quantitative estimate of drug-likeness (QED) is 0.939. The van der Waals surface area contributed by atoms with Crippen molar-refractivity contribution in [2.24, 2.45) is 0 Å². The molecule has 0 aliphatic carbocycles. The average molecular weight is 311 g/mol. The zero-order valence-corrected chi connectivity index (χ0v) is 12.5. The van der Waals surface area contributed by atoms with Crippen LogP contribution in [0.25, 0.3) is 0 Å². The van der Waals surface area contributed by atoms with Gasteiger partial charge in [0.2, 0.25) is 0 Å². The lowest BCUT2D eigenvalue weighted by atomic mass is 10.3. The van der Waals surface area contributed by atoms with Gasteiger partial charge in [-0.3, -0.25) is 9.69 Å². The molecule has 2 aromatic heterocycles. The van der Waals surface area contributed by atoms with Gasteiger partial charge >= 0.3 is 0 Å². The molecule has 0 spiro atoms. The highest BCUT2D eigenvalue weighted by atomic mass is 35.5. The molecule has 1 fully saturated rings. The lowest BCUT2D eigenvalue weighted by Crippen LogP contribution is -2.47. The highest BCUT2D eigenvalue weighted by Crippen LogP contribution is 2.15. The van der Waals surface area contributed by atoms with Crippen LogP contribution < -0.4 is 10.5 Å². The third-order valence-electron chi connectivity index (χ3n) is 3.37. The number of hydrogen-bond donors (Lipinski definition) is 1. The van der Waals surface area contributed by atoms with E-state index in [0.717, 1.165) is 32.7 Å². The number of aromatic nitrogens is 2. The summed E-state index contributed by atoms with van der Waals surface area (Å²) in [5.74, 6) is 0.424. The van der Waals surface area contributed by atoms with Crippen LogP contribution in [-0.2, 0) is 6.54 Å². The standard InChI is InChI=1S/C13H15ClN4OS/c14-11-8-15-13(19)12(16-11)18-5-3-17(4-6-18)9-10-2-1-7-20-10/h1-2,7-8H,3-6,9H2,(H,15,19). The zero-order valence-electron chi connectivity index (χ0n) is 10.9. The summed E-state index contributed by atoms with van der Waals surface area (Å²) in [5, 5.41) is 2.42. The van der Waals surface area contributed by atoms with E-state index in [1.54, 1.807) is 11.3 Å². The lowest BCUT2D eigenvalue weighted by Gasteiger charge is -2.34. The van der Waals surface area contributed by atoms with E-state index in [4.69, 9.17) is 11.6 Å². The van der Waals surface area contributed by atoms with Gasteiger partial charge in [0.1, 0.15) is 5.15 Å². The Morgan fingerprint density at radius 2 is 2.15 bits per heavy atom. The Labute approximate surface area is 125 Å². The van der Waals surface area contributed by atoms with Crippen LogP contribution in [0.15, 0.2) is 28.5 Å². The fourth-order valence-corrected chi connectivity index (χ4v) is 3.21. The first-order chi connectivity index (χ1) is 9.72. The molecule has 1 saturated heterocycles. The third kappa shape index (κ3) is 3.03. The molecule has 3 rings (SSSR count). The van der Waals surface area contributed by atoms with E-state index in [2.05, 4.69) is 32.4 Å². The average Bonchev–Trinajstić information content (AvgIpc) is 2.95.